The molecular formula is C61H98N2O14. The topological polar surface area (TPSA) is 197 Å². The third kappa shape index (κ3) is 18.8. The Balaban J connectivity index is 1.42. The van der Waals surface area contributed by atoms with Crippen LogP contribution >= 0.6 is 0 Å². The summed E-state index contributed by atoms with van der Waals surface area (Å²) in [5.41, 5.74) is 1.27. The number of allylic oxidation sites excluding steroid dienone is 6. The number of methoxy groups -OCH3 is 3. The Labute approximate surface area is 461 Å². The number of carbonyl (C=O) groups excluding carboxylic acids is 5. The van der Waals surface area contributed by atoms with Crippen molar-refractivity contribution in [2.75, 3.05) is 67.3 Å². The molecule has 4 fully saturated rings. The van der Waals surface area contributed by atoms with Crippen molar-refractivity contribution in [2.45, 2.75) is 206 Å². The van der Waals surface area contributed by atoms with E-state index in [9.17, 15) is 34.2 Å². The highest BCUT2D eigenvalue weighted by Crippen LogP contribution is 2.38. The summed E-state index contributed by atoms with van der Waals surface area (Å²) < 4.78 is 42.3. The lowest BCUT2D eigenvalue weighted by atomic mass is 9.78. The molecule has 0 aromatic carbocycles. The molecule has 0 aromatic heterocycles. The van der Waals surface area contributed by atoms with Gasteiger partial charge in [-0.05, 0) is 139 Å². The minimum absolute atomic E-state index is 0.00711. The number of fused-ring (bicyclic) bond motifs is 3. The predicted octanol–water partition coefficient (Wildman–Crippen LogP) is 8.10. The van der Waals surface area contributed by atoms with E-state index in [-0.39, 0.29) is 73.9 Å². The van der Waals surface area contributed by atoms with Crippen molar-refractivity contribution in [1.29, 1.82) is 0 Å². The maximum Gasteiger partial charge on any atom is 0.329 e. The molecule has 1 saturated carbocycles. The fraction of sp³-hybridized carbons (Fsp3) is 0.787. The number of aliphatic hydroxyl groups is 2. The number of hydrogen-bond acceptors (Lipinski definition) is 15. The van der Waals surface area contributed by atoms with E-state index in [0.717, 1.165) is 50.9 Å². The third-order valence-corrected chi connectivity index (χ3v) is 17.2. The standard InChI is InChI=1S/C61H98N2O14/c1-40-20-13-11-14-21-41(2)52(75-33-32-71-8)38-48-25-23-46(7)61(70,77-48)58(67)59(68)63-30-18-15-22-49(63)60(69)76-53(39-50(64)42(3)35-45(6)56(66)57(73-10)55(65)44(5)34-40)43(4)36-47-24-26-51(54(37-47)72-9)74-31-19-29-62-27-16-12-17-28-62/h11,13-14,20-21,35,40,42-44,46-49,51-54,56-57,66,70H,12,15-19,22-34,36-39H2,1-10H3/b14-11+,20-13+,41-21+,45-35+/t40-,42-,43-,44-,46-,47+,48+,49?,51-,52?,53+,54-,56-,57+,61-/m1/s1. The van der Waals surface area contributed by atoms with Crippen LogP contribution < -0.4 is 0 Å². The first-order valence-corrected chi connectivity index (χ1v) is 29.2. The summed E-state index contributed by atoms with van der Waals surface area (Å²) in [5.74, 6) is -7.85. The van der Waals surface area contributed by atoms with Gasteiger partial charge in [-0.1, -0.05) is 77.5 Å². The second kappa shape index (κ2) is 32.1. The number of rotatable bonds is 14. The Morgan fingerprint density at radius 3 is 2.23 bits per heavy atom. The highest BCUT2D eigenvalue weighted by Gasteiger charge is 2.53. The van der Waals surface area contributed by atoms with E-state index >= 15 is 0 Å². The van der Waals surface area contributed by atoms with E-state index in [1.54, 1.807) is 41.1 Å². The monoisotopic (exact) mass is 1080 g/mol. The molecule has 2 N–H and O–H groups in total. The van der Waals surface area contributed by atoms with Gasteiger partial charge in [0.1, 0.15) is 30.1 Å². The van der Waals surface area contributed by atoms with Gasteiger partial charge in [0.25, 0.3) is 11.7 Å². The summed E-state index contributed by atoms with van der Waals surface area (Å²) in [6, 6.07) is -1.14. The van der Waals surface area contributed by atoms with Gasteiger partial charge in [-0.2, -0.15) is 0 Å². The van der Waals surface area contributed by atoms with Gasteiger partial charge in [-0.15, -0.1) is 0 Å². The van der Waals surface area contributed by atoms with Crippen LogP contribution in [0.3, 0.4) is 0 Å². The number of cyclic esters (lactones) is 1. The minimum atomic E-state index is -2.45. The maximum absolute atomic E-state index is 14.7. The van der Waals surface area contributed by atoms with Gasteiger partial charge in [-0.25, -0.2) is 4.79 Å². The lowest BCUT2D eigenvalue weighted by molar-refractivity contribution is -0.266. The maximum atomic E-state index is 14.7. The van der Waals surface area contributed by atoms with Crippen LogP contribution in [0, 0.1) is 35.5 Å². The van der Waals surface area contributed by atoms with Gasteiger partial charge in [0.05, 0.1) is 37.6 Å². The smallest absolute Gasteiger partial charge is 0.329 e. The number of amides is 1. The highest BCUT2D eigenvalue weighted by atomic mass is 16.6. The fourth-order valence-corrected chi connectivity index (χ4v) is 12.2. The predicted molar refractivity (Wildman–Crippen MR) is 295 cm³/mol. The van der Waals surface area contributed by atoms with Crippen LogP contribution in [-0.4, -0.2) is 171 Å². The zero-order valence-electron chi connectivity index (χ0n) is 48.5. The van der Waals surface area contributed by atoms with Crippen LogP contribution in [0.1, 0.15) is 151 Å². The zero-order valence-corrected chi connectivity index (χ0v) is 48.5. The lowest BCUT2D eigenvalue weighted by Crippen LogP contribution is -2.61. The van der Waals surface area contributed by atoms with Crippen molar-refractivity contribution in [3.63, 3.8) is 0 Å². The van der Waals surface area contributed by atoms with E-state index in [0.29, 0.717) is 57.3 Å². The van der Waals surface area contributed by atoms with E-state index in [1.807, 2.05) is 58.1 Å². The second-order valence-electron chi connectivity index (χ2n) is 23.3. The molecule has 5 rings (SSSR count). The van der Waals surface area contributed by atoms with Crippen molar-refractivity contribution in [3.8, 4) is 0 Å². The Kier molecular flexibility index (Phi) is 26.8. The average Bonchev–Trinajstić information content (AvgIpc) is 3.43. The molecule has 436 valence electrons. The molecule has 16 nitrogen and oxygen atoms in total. The lowest BCUT2D eigenvalue weighted by Gasteiger charge is -2.43. The number of Topliss-reactive ketones (excluding diaryl/α,β-unsaturated/α-hetero) is 3. The first kappa shape index (κ1) is 64.4. The normalized spacial score (nSPS) is 37.4. The van der Waals surface area contributed by atoms with E-state index in [1.165, 1.54) is 31.3 Å². The van der Waals surface area contributed by atoms with Crippen LogP contribution in [0.25, 0.3) is 0 Å². The van der Waals surface area contributed by atoms with E-state index in [4.69, 9.17) is 33.2 Å². The van der Waals surface area contributed by atoms with Crippen LogP contribution in [0.2, 0.25) is 0 Å². The van der Waals surface area contributed by atoms with Crippen molar-refractivity contribution in [2.24, 2.45) is 35.5 Å². The molecule has 0 spiro atoms. The summed E-state index contributed by atoms with van der Waals surface area (Å²) in [5, 5.41) is 23.7. The van der Waals surface area contributed by atoms with E-state index in [2.05, 4.69) is 4.90 Å². The first-order valence-electron chi connectivity index (χ1n) is 29.2. The number of ketones is 3. The summed E-state index contributed by atoms with van der Waals surface area (Å²) in [6.45, 7) is 17.6. The molecule has 1 aliphatic carbocycles. The molecule has 2 bridgehead atoms. The summed E-state index contributed by atoms with van der Waals surface area (Å²) in [4.78, 5) is 75.6. The minimum Gasteiger partial charge on any atom is -0.460 e. The van der Waals surface area contributed by atoms with Gasteiger partial charge in [-0.3, -0.25) is 19.2 Å². The van der Waals surface area contributed by atoms with Crippen molar-refractivity contribution < 1.29 is 67.3 Å². The molecule has 4 aliphatic heterocycles. The number of ether oxygens (including phenoxy) is 7. The second-order valence-corrected chi connectivity index (χ2v) is 23.3. The number of aliphatic hydroxyl groups excluding tert-OH is 1. The molecule has 0 aromatic rings. The van der Waals surface area contributed by atoms with Crippen LogP contribution in [-0.2, 0) is 57.1 Å². The molecule has 0 radical (unpaired) electrons. The Hall–Kier alpha value is -3.45. The van der Waals surface area contributed by atoms with Crippen molar-refractivity contribution in [3.05, 3.63) is 47.6 Å². The molecule has 77 heavy (non-hydrogen) atoms. The SMILES string of the molecule is COCCOC1C[C@@H]2CC[C@@H](C)[C@@](O)(O2)C(=O)C(=O)N2CCCCC2C(=O)O[C@H]([C@H](C)C[C@@H]2CC[C@@H](OCCCN3CCCCC3)[C@H](OC)C2)CC(=O)[C@H](C)/C=C(\C)[C@@H](O)[C@@H](OC)C(=O)[C@H](C)C[C@H](C)/C=C/C=C/C=C/1C. The summed E-state index contributed by atoms with van der Waals surface area (Å²) in [6.07, 6.45) is 17.3. The molecule has 5 aliphatic rings. The molecule has 1 amide bonds. The van der Waals surface area contributed by atoms with E-state index < -0.39 is 77.8 Å². The Morgan fingerprint density at radius 2 is 1.52 bits per heavy atom. The summed E-state index contributed by atoms with van der Waals surface area (Å²) in [7, 11) is 4.70. The van der Waals surface area contributed by atoms with Crippen LogP contribution in [0.4, 0.5) is 0 Å². The molecular weight excluding hydrogens is 985 g/mol. The molecule has 4 heterocycles. The number of likely N-dealkylation sites (tertiary alicyclic amines) is 1. The molecule has 3 saturated heterocycles. The van der Waals surface area contributed by atoms with Gasteiger partial charge in [0.2, 0.25) is 5.79 Å². The largest absolute Gasteiger partial charge is 0.460 e. The average molecular weight is 1080 g/mol. The molecule has 2 unspecified atom stereocenters. The van der Waals surface area contributed by atoms with Gasteiger partial charge < -0.3 is 53.2 Å². The number of nitrogens with zero attached hydrogens (tertiary/aromatic N) is 2. The van der Waals surface area contributed by atoms with Crippen LogP contribution in [0.15, 0.2) is 47.6 Å². The van der Waals surface area contributed by atoms with Crippen molar-refractivity contribution in [1.82, 2.24) is 9.80 Å². The molecule has 15 atom stereocenters. The highest BCUT2D eigenvalue weighted by molar-refractivity contribution is 6.39. The zero-order chi connectivity index (χ0) is 56.2. The number of esters is 1. The Bertz CT molecular complexity index is 2020. The Morgan fingerprint density at radius 1 is 0.779 bits per heavy atom. The number of piperidine rings is 2. The van der Waals surface area contributed by atoms with Crippen molar-refractivity contribution >= 4 is 29.2 Å². The van der Waals surface area contributed by atoms with Crippen LogP contribution in [0.5, 0.6) is 0 Å². The molecule has 16 heteroatoms. The van der Waals surface area contributed by atoms with Gasteiger partial charge >= 0.3 is 5.97 Å². The van der Waals surface area contributed by atoms with Gasteiger partial charge in [0, 0.05) is 71.6 Å². The third-order valence-electron chi connectivity index (χ3n) is 17.2. The quantitative estimate of drug-likeness (QED) is 0.0732. The first-order chi connectivity index (χ1) is 36.8. The number of carbonyl (C=O) groups is 5. The van der Waals surface area contributed by atoms with Gasteiger partial charge in [0.15, 0.2) is 5.78 Å². The number of hydrogen-bond donors (Lipinski definition) is 2. The fourth-order valence-electron chi connectivity index (χ4n) is 12.2. The summed E-state index contributed by atoms with van der Waals surface area (Å²) >= 11 is 0.